The van der Waals surface area contributed by atoms with Gasteiger partial charge in [-0.05, 0) is 40.3 Å². The highest BCUT2D eigenvalue weighted by molar-refractivity contribution is 8.31. The molecule has 13 heavy (non-hydrogen) atoms. The number of rotatable bonds is 1. The fourth-order valence-electron chi connectivity index (χ4n) is 1.10. The second kappa shape index (κ2) is 3.47. The van der Waals surface area contributed by atoms with Gasteiger partial charge in [0, 0.05) is 10.3 Å². The van der Waals surface area contributed by atoms with Gasteiger partial charge in [-0.1, -0.05) is 20.8 Å². The van der Waals surface area contributed by atoms with Crippen LogP contribution >= 0.6 is 10.2 Å². The molecule has 0 atom stereocenters. The molecule has 0 N–H and O–H groups in total. The first-order chi connectivity index (χ1) is 5.40. The van der Waals surface area contributed by atoms with Gasteiger partial charge in [0.15, 0.2) is 0 Å². The summed E-state index contributed by atoms with van der Waals surface area (Å²) in [5.74, 6) is 0. The minimum Gasteiger partial charge on any atom is -0.265 e. The summed E-state index contributed by atoms with van der Waals surface area (Å²) in [6.07, 6.45) is 4.80. The van der Waals surface area contributed by atoms with E-state index in [2.05, 4.69) is 65.4 Å². The lowest BCUT2D eigenvalue weighted by atomic mass is 10.1. The van der Waals surface area contributed by atoms with Crippen molar-refractivity contribution in [1.29, 1.82) is 0 Å². The van der Waals surface area contributed by atoms with E-state index in [1.807, 2.05) is 0 Å². The summed E-state index contributed by atoms with van der Waals surface area (Å²) >= 11 is 0. The van der Waals surface area contributed by atoms with Crippen molar-refractivity contribution in [3.05, 3.63) is 0 Å². The average Bonchev–Trinajstić information content (AvgIpc) is 1.81. The molecule has 0 rings (SSSR count). The molecular formula is C11H27NS. The van der Waals surface area contributed by atoms with E-state index in [1.54, 1.807) is 0 Å². The lowest BCUT2D eigenvalue weighted by Crippen LogP contribution is -2.45. The van der Waals surface area contributed by atoms with Crippen molar-refractivity contribution >= 4 is 10.2 Å². The number of hydrogen-bond acceptors (Lipinski definition) is 1. The van der Waals surface area contributed by atoms with Crippen LogP contribution in [0.25, 0.3) is 0 Å². The highest BCUT2D eigenvalue weighted by atomic mass is 32.3. The molecule has 0 amide bonds. The van der Waals surface area contributed by atoms with Crippen LogP contribution in [0, 0.1) is 0 Å². The molecule has 82 valence electrons. The normalized spacial score (nSPS) is 16.5. The fourth-order valence-corrected chi connectivity index (χ4v) is 3.29. The molecule has 0 aromatic heterocycles. The highest BCUT2D eigenvalue weighted by Crippen LogP contribution is 2.57. The van der Waals surface area contributed by atoms with E-state index >= 15 is 0 Å². The third-order valence-electron chi connectivity index (χ3n) is 3.13. The van der Waals surface area contributed by atoms with E-state index in [0.29, 0.717) is 4.75 Å². The Bertz CT molecular complexity index is 172. The standard InChI is InChI=1S/C11H27NS/c1-10(2,3)12(7)13(8,9)11(4,5)6/h1-9H3. The SMILES string of the molecule is CN(C(C)(C)C)S(C)(C)C(C)(C)C. The van der Waals surface area contributed by atoms with Crippen LogP contribution in [0.4, 0.5) is 0 Å². The van der Waals surface area contributed by atoms with Gasteiger partial charge in [0.25, 0.3) is 0 Å². The van der Waals surface area contributed by atoms with E-state index in [4.69, 9.17) is 0 Å². The Balaban J connectivity index is 4.86. The Hall–Kier alpha value is 0.310. The second-order valence-electron chi connectivity index (χ2n) is 6.05. The molecule has 1 nitrogen and oxygen atoms in total. The smallest absolute Gasteiger partial charge is 0.0210 e. The molecule has 0 aromatic rings. The van der Waals surface area contributed by atoms with Crippen LogP contribution in [0.15, 0.2) is 0 Å². The van der Waals surface area contributed by atoms with Gasteiger partial charge in [-0.15, -0.1) is 0 Å². The summed E-state index contributed by atoms with van der Waals surface area (Å²) in [6.45, 7) is 13.9. The van der Waals surface area contributed by atoms with Gasteiger partial charge >= 0.3 is 0 Å². The third-order valence-corrected chi connectivity index (χ3v) is 8.04. The first-order valence-electron chi connectivity index (χ1n) is 4.87. The Kier molecular flexibility index (Phi) is 3.55. The molecule has 0 unspecified atom stereocenters. The first-order valence-corrected chi connectivity index (χ1v) is 7.28. The first kappa shape index (κ1) is 13.3. The maximum Gasteiger partial charge on any atom is 0.0210 e. The van der Waals surface area contributed by atoms with Crippen molar-refractivity contribution in [1.82, 2.24) is 4.31 Å². The monoisotopic (exact) mass is 205 g/mol. The summed E-state index contributed by atoms with van der Waals surface area (Å²) in [5.41, 5.74) is 0.270. The Labute approximate surface area is 86.3 Å². The van der Waals surface area contributed by atoms with E-state index in [1.165, 1.54) is 0 Å². The quantitative estimate of drug-likeness (QED) is 0.633. The van der Waals surface area contributed by atoms with Gasteiger partial charge in [0.2, 0.25) is 0 Å². The van der Waals surface area contributed by atoms with Crippen LogP contribution in [0.5, 0.6) is 0 Å². The Morgan fingerprint density at radius 3 is 1.23 bits per heavy atom. The van der Waals surface area contributed by atoms with Crippen LogP contribution in [0.2, 0.25) is 0 Å². The van der Waals surface area contributed by atoms with Crippen LogP contribution in [-0.2, 0) is 0 Å². The predicted octanol–water partition coefficient (Wildman–Crippen LogP) is 3.49. The molecule has 0 saturated heterocycles. The van der Waals surface area contributed by atoms with Gasteiger partial charge in [-0.25, -0.2) is 0 Å². The molecule has 0 aliphatic rings. The third kappa shape index (κ3) is 2.88. The molecule has 0 saturated carbocycles. The molecule has 0 spiro atoms. The number of nitrogens with zero attached hydrogens (tertiary/aromatic N) is 1. The zero-order valence-corrected chi connectivity index (χ0v) is 11.7. The van der Waals surface area contributed by atoms with E-state index in [-0.39, 0.29) is 5.54 Å². The van der Waals surface area contributed by atoms with Crippen LogP contribution in [-0.4, -0.2) is 34.2 Å². The molecular weight excluding hydrogens is 178 g/mol. The molecule has 0 aliphatic heterocycles. The molecule has 0 radical (unpaired) electrons. The molecule has 0 bridgehead atoms. The summed E-state index contributed by atoms with van der Waals surface area (Å²) in [5, 5.41) is 0. The van der Waals surface area contributed by atoms with Crippen LogP contribution < -0.4 is 0 Å². The van der Waals surface area contributed by atoms with Crippen molar-refractivity contribution < 1.29 is 0 Å². The predicted molar refractivity (Wildman–Crippen MR) is 66.7 cm³/mol. The zero-order chi connectivity index (χ0) is 11.1. The Morgan fingerprint density at radius 1 is 0.846 bits per heavy atom. The molecule has 2 heteroatoms. The molecule has 0 heterocycles. The second-order valence-corrected chi connectivity index (χ2v) is 10.4. The summed E-state index contributed by atoms with van der Waals surface area (Å²) in [6, 6.07) is 0. The van der Waals surface area contributed by atoms with Crippen molar-refractivity contribution in [3.8, 4) is 0 Å². The van der Waals surface area contributed by atoms with Crippen molar-refractivity contribution in [2.24, 2.45) is 0 Å². The molecule has 0 aliphatic carbocycles. The maximum atomic E-state index is 2.54. The Morgan fingerprint density at radius 2 is 1.15 bits per heavy atom. The average molecular weight is 205 g/mol. The van der Waals surface area contributed by atoms with Crippen molar-refractivity contribution in [2.45, 2.75) is 51.8 Å². The van der Waals surface area contributed by atoms with Gasteiger partial charge in [0.05, 0.1) is 0 Å². The van der Waals surface area contributed by atoms with E-state index < -0.39 is 10.2 Å². The van der Waals surface area contributed by atoms with Gasteiger partial charge in [-0.2, -0.15) is 10.2 Å². The highest BCUT2D eigenvalue weighted by Gasteiger charge is 2.36. The maximum absolute atomic E-state index is 2.54. The molecule has 0 fully saturated rings. The lowest BCUT2D eigenvalue weighted by molar-refractivity contribution is 0.307. The summed E-state index contributed by atoms with van der Waals surface area (Å²) in [7, 11) is 1.55. The van der Waals surface area contributed by atoms with E-state index in [9.17, 15) is 0 Å². The van der Waals surface area contributed by atoms with Crippen molar-refractivity contribution in [3.63, 3.8) is 0 Å². The summed E-state index contributed by atoms with van der Waals surface area (Å²) < 4.78 is 2.93. The fraction of sp³-hybridized carbons (Fsp3) is 1.00. The van der Waals surface area contributed by atoms with Gasteiger partial charge in [0.1, 0.15) is 0 Å². The lowest BCUT2D eigenvalue weighted by Gasteiger charge is -2.56. The van der Waals surface area contributed by atoms with Gasteiger partial charge in [-0.3, -0.25) is 4.31 Å². The zero-order valence-electron chi connectivity index (χ0n) is 10.9. The largest absolute Gasteiger partial charge is 0.265 e. The van der Waals surface area contributed by atoms with Crippen LogP contribution in [0.3, 0.4) is 0 Å². The van der Waals surface area contributed by atoms with Gasteiger partial charge < -0.3 is 0 Å². The van der Waals surface area contributed by atoms with E-state index in [0.717, 1.165) is 0 Å². The summed E-state index contributed by atoms with van der Waals surface area (Å²) in [4.78, 5) is 0. The number of hydrogen-bond donors (Lipinski definition) is 0. The topological polar surface area (TPSA) is 3.24 Å². The minimum atomic E-state index is -0.701. The minimum absolute atomic E-state index is 0.270. The van der Waals surface area contributed by atoms with Crippen molar-refractivity contribution in [2.75, 3.05) is 19.6 Å². The molecule has 0 aromatic carbocycles. The van der Waals surface area contributed by atoms with Crippen LogP contribution in [0.1, 0.15) is 41.5 Å².